The highest BCUT2D eigenvalue weighted by atomic mass is 32.1. The van der Waals surface area contributed by atoms with Crippen LogP contribution >= 0.6 is 12.6 Å². The van der Waals surface area contributed by atoms with Crippen molar-refractivity contribution < 1.29 is 23.5 Å². The van der Waals surface area contributed by atoms with E-state index in [1.807, 2.05) is 0 Å². The van der Waals surface area contributed by atoms with Gasteiger partial charge in [0.05, 0.1) is 18.6 Å². The Morgan fingerprint density at radius 3 is 2.38 bits per heavy atom. The fourth-order valence-electron chi connectivity index (χ4n) is 3.99. The van der Waals surface area contributed by atoms with Crippen molar-refractivity contribution in [1.29, 1.82) is 0 Å². The van der Waals surface area contributed by atoms with Crippen molar-refractivity contribution in [2.45, 2.75) is 37.2 Å². The Kier molecular flexibility index (Phi) is 4.29. The topological polar surface area (TPSA) is 66.9 Å². The minimum absolute atomic E-state index is 0.125. The van der Waals surface area contributed by atoms with Crippen LogP contribution in [-0.4, -0.2) is 52.7 Å². The third-order valence-electron chi connectivity index (χ3n) is 5.58. The van der Waals surface area contributed by atoms with Gasteiger partial charge in [0, 0.05) is 7.05 Å². The molecule has 0 bridgehead atoms. The fraction of sp³-hybridized carbons (Fsp3) is 0.500. The summed E-state index contributed by atoms with van der Waals surface area (Å²) in [4.78, 5) is 40.0. The normalized spacial score (nSPS) is 34.1. The standard InChI is InChI=1S/C18H21FN2O4S/c1-17(16(24)25-4)9-12-14(22)20(3)18(2,26)15(23)21(12)13(17)10-5-7-11(19)8-6-10/h5-8,12-13,26H,9H2,1-4H3/t12?,13-,17-,18?/m0/s1. The number of benzene rings is 1. The molecule has 0 N–H and O–H groups in total. The minimum atomic E-state index is -1.34. The van der Waals surface area contributed by atoms with E-state index in [9.17, 15) is 18.8 Å². The lowest BCUT2D eigenvalue weighted by Gasteiger charge is -2.46. The van der Waals surface area contributed by atoms with Crippen LogP contribution < -0.4 is 0 Å². The SMILES string of the molecule is COC(=O)[C@@]1(C)CC2C(=O)N(C)C(C)(S)C(=O)N2[C@H]1c1ccc(F)cc1. The summed E-state index contributed by atoms with van der Waals surface area (Å²) in [6.45, 7) is 3.21. The Labute approximate surface area is 156 Å². The van der Waals surface area contributed by atoms with E-state index in [4.69, 9.17) is 4.74 Å². The Hall–Kier alpha value is -2.09. The number of piperazine rings is 1. The van der Waals surface area contributed by atoms with E-state index in [1.165, 1.54) is 48.2 Å². The zero-order valence-electron chi connectivity index (χ0n) is 15.0. The van der Waals surface area contributed by atoms with Crippen LogP contribution in [0.2, 0.25) is 0 Å². The molecule has 2 heterocycles. The zero-order valence-corrected chi connectivity index (χ0v) is 15.9. The zero-order chi connectivity index (χ0) is 19.4. The van der Waals surface area contributed by atoms with Crippen LogP contribution in [0, 0.1) is 11.2 Å². The number of hydrogen-bond acceptors (Lipinski definition) is 5. The highest BCUT2D eigenvalue weighted by Crippen LogP contribution is 2.54. The summed E-state index contributed by atoms with van der Waals surface area (Å²) < 4.78 is 18.4. The van der Waals surface area contributed by atoms with Gasteiger partial charge in [-0.2, -0.15) is 0 Å². The summed E-state index contributed by atoms with van der Waals surface area (Å²) in [5.74, 6) is -1.62. The number of carbonyl (C=O) groups is 3. The van der Waals surface area contributed by atoms with Gasteiger partial charge in [-0.1, -0.05) is 12.1 Å². The monoisotopic (exact) mass is 380 g/mol. The van der Waals surface area contributed by atoms with Gasteiger partial charge in [-0.3, -0.25) is 14.4 Å². The number of methoxy groups -OCH3 is 1. The number of fused-ring (bicyclic) bond motifs is 1. The number of amides is 2. The molecule has 4 atom stereocenters. The van der Waals surface area contributed by atoms with Crippen molar-refractivity contribution in [2.75, 3.05) is 14.2 Å². The largest absolute Gasteiger partial charge is 0.469 e. The maximum Gasteiger partial charge on any atom is 0.314 e. The van der Waals surface area contributed by atoms with Gasteiger partial charge in [0.25, 0.3) is 5.91 Å². The molecule has 8 heteroatoms. The van der Waals surface area contributed by atoms with E-state index in [2.05, 4.69) is 12.6 Å². The first-order chi connectivity index (χ1) is 12.1. The number of halogens is 1. The van der Waals surface area contributed by atoms with Crippen LogP contribution in [0.4, 0.5) is 4.39 Å². The summed E-state index contributed by atoms with van der Waals surface area (Å²) >= 11 is 4.39. The molecule has 2 aliphatic rings. The van der Waals surface area contributed by atoms with Crippen molar-refractivity contribution in [2.24, 2.45) is 5.41 Å². The molecule has 0 radical (unpaired) electrons. The Morgan fingerprint density at radius 1 is 1.27 bits per heavy atom. The van der Waals surface area contributed by atoms with Crippen LogP contribution in [0.1, 0.15) is 31.9 Å². The molecule has 140 valence electrons. The Balaban J connectivity index is 2.19. The maximum atomic E-state index is 13.4. The molecule has 1 aromatic carbocycles. The van der Waals surface area contributed by atoms with Gasteiger partial charge in [-0.05, 0) is 38.0 Å². The average Bonchev–Trinajstić information content (AvgIpc) is 2.93. The third-order valence-corrected chi connectivity index (χ3v) is 6.07. The fourth-order valence-corrected chi connectivity index (χ4v) is 4.21. The predicted octanol–water partition coefficient (Wildman–Crippen LogP) is 1.76. The highest BCUT2D eigenvalue weighted by molar-refractivity contribution is 7.82. The third kappa shape index (κ3) is 2.42. The Morgan fingerprint density at radius 2 is 1.85 bits per heavy atom. The van der Waals surface area contributed by atoms with Gasteiger partial charge in [-0.15, -0.1) is 12.6 Å². The number of ether oxygens (including phenoxy) is 1. The molecule has 1 aromatic rings. The van der Waals surface area contributed by atoms with E-state index in [1.54, 1.807) is 13.8 Å². The maximum absolute atomic E-state index is 13.4. The van der Waals surface area contributed by atoms with Gasteiger partial charge in [0.1, 0.15) is 11.9 Å². The van der Waals surface area contributed by atoms with Gasteiger partial charge < -0.3 is 14.5 Å². The van der Waals surface area contributed by atoms with Crippen LogP contribution in [0.15, 0.2) is 24.3 Å². The van der Waals surface area contributed by atoms with E-state index >= 15 is 0 Å². The van der Waals surface area contributed by atoms with Crippen LogP contribution in [0.25, 0.3) is 0 Å². The average molecular weight is 380 g/mol. The summed E-state index contributed by atoms with van der Waals surface area (Å²) in [5, 5.41) is 0. The van der Waals surface area contributed by atoms with Gasteiger partial charge in [-0.25, -0.2) is 4.39 Å². The van der Waals surface area contributed by atoms with Crippen LogP contribution in [-0.2, 0) is 19.1 Å². The van der Waals surface area contributed by atoms with Gasteiger partial charge >= 0.3 is 5.97 Å². The van der Waals surface area contributed by atoms with Crippen molar-refractivity contribution in [1.82, 2.24) is 9.80 Å². The first kappa shape index (κ1) is 18.7. The minimum Gasteiger partial charge on any atom is -0.469 e. The summed E-state index contributed by atoms with van der Waals surface area (Å²) in [5.41, 5.74) is -0.575. The molecular formula is C18H21FN2O4S. The molecule has 0 aromatic heterocycles. The lowest BCUT2D eigenvalue weighted by Crippen LogP contribution is -2.65. The molecule has 6 nitrogen and oxygen atoms in total. The molecular weight excluding hydrogens is 359 g/mol. The van der Waals surface area contributed by atoms with E-state index in [0.717, 1.165) is 0 Å². The summed E-state index contributed by atoms with van der Waals surface area (Å²) in [7, 11) is 2.79. The molecule has 2 amide bonds. The number of rotatable bonds is 2. The van der Waals surface area contributed by atoms with E-state index in [-0.39, 0.29) is 18.2 Å². The molecule has 0 saturated carbocycles. The molecule has 3 rings (SSSR count). The Bertz CT molecular complexity index is 782. The molecule has 2 fully saturated rings. The van der Waals surface area contributed by atoms with Crippen molar-refractivity contribution in [3.63, 3.8) is 0 Å². The van der Waals surface area contributed by atoms with Gasteiger partial charge in [0.15, 0.2) is 4.87 Å². The number of thiol groups is 1. The molecule has 2 aliphatic heterocycles. The van der Waals surface area contributed by atoms with Crippen molar-refractivity contribution in [3.8, 4) is 0 Å². The number of hydrogen-bond donors (Lipinski definition) is 1. The first-order valence-corrected chi connectivity index (χ1v) is 8.67. The van der Waals surface area contributed by atoms with E-state index < -0.39 is 34.2 Å². The smallest absolute Gasteiger partial charge is 0.314 e. The summed E-state index contributed by atoms with van der Waals surface area (Å²) in [6.07, 6.45) is 0.125. The van der Waals surface area contributed by atoms with Gasteiger partial charge in [0.2, 0.25) is 5.91 Å². The molecule has 2 saturated heterocycles. The predicted molar refractivity (Wildman–Crippen MR) is 94.7 cm³/mol. The number of esters is 1. The first-order valence-electron chi connectivity index (χ1n) is 8.22. The molecule has 0 aliphatic carbocycles. The second-order valence-corrected chi connectivity index (χ2v) is 8.08. The highest BCUT2D eigenvalue weighted by Gasteiger charge is 2.64. The lowest BCUT2D eigenvalue weighted by molar-refractivity contribution is -0.162. The van der Waals surface area contributed by atoms with Crippen molar-refractivity contribution in [3.05, 3.63) is 35.6 Å². The van der Waals surface area contributed by atoms with Crippen molar-refractivity contribution >= 4 is 30.4 Å². The number of likely N-dealkylation sites (N-methyl/N-ethyl adjacent to an activating group) is 1. The van der Waals surface area contributed by atoms with Crippen LogP contribution in [0.3, 0.4) is 0 Å². The second kappa shape index (κ2) is 5.97. The number of nitrogens with zero attached hydrogens (tertiary/aromatic N) is 2. The summed E-state index contributed by atoms with van der Waals surface area (Å²) in [6, 6.07) is 4.03. The quantitative estimate of drug-likeness (QED) is 0.627. The molecule has 0 spiro atoms. The second-order valence-electron chi connectivity index (χ2n) is 7.21. The molecule has 26 heavy (non-hydrogen) atoms. The van der Waals surface area contributed by atoms with Crippen LogP contribution in [0.5, 0.6) is 0 Å². The molecule has 2 unspecified atom stereocenters. The lowest BCUT2D eigenvalue weighted by atomic mass is 9.78. The van der Waals surface area contributed by atoms with E-state index in [0.29, 0.717) is 5.56 Å². The number of carbonyl (C=O) groups excluding carboxylic acids is 3.